The normalized spacial score (nSPS) is 17.7. The van der Waals surface area contributed by atoms with Crippen LogP contribution in [0.2, 0.25) is 0 Å². The quantitative estimate of drug-likeness (QED) is 0.709. The lowest BCUT2D eigenvalue weighted by molar-refractivity contribution is -0.133. The average Bonchev–Trinajstić information content (AvgIpc) is 2.28. The van der Waals surface area contributed by atoms with Crippen molar-refractivity contribution in [3.05, 3.63) is 24.3 Å². The van der Waals surface area contributed by atoms with E-state index in [1.54, 1.807) is 45.1 Å². The molecule has 5 heteroatoms. The summed E-state index contributed by atoms with van der Waals surface area (Å²) in [6, 6.07) is 0. The second-order valence-electron chi connectivity index (χ2n) is 4.81. The standard InChI is InChI=1S/C13H19NO4/c1-12(2,3)18-11(15)14-10-6-8-13(16-4,17-5)9-7-10/h6-9H,1-5H3. The Morgan fingerprint density at radius 1 is 1.17 bits per heavy atom. The molecule has 100 valence electrons. The number of methoxy groups -OCH3 is 2. The molecule has 0 aromatic heterocycles. The summed E-state index contributed by atoms with van der Waals surface area (Å²) < 4.78 is 15.5. The molecule has 1 amide bonds. The van der Waals surface area contributed by atoms with E-state index in [0.29, 0.717) is 5.71 Å². The van der Waals surface area contributed by atoms with Crippen molar-refractivity contribution in [2.75, 3.05) is 14.2 Å². The van der Waals surface area contributed by atoms with Gasteiger partial charge in [0, 0.05) is 14.2 Å². The van der Waals surface area contributed by atoms with Crippen molar-refractivity contribution in [2.45, 2.75) is 32.2 Å². The lowest BCUT2D eigenvalue weighted by Gasteiger charge is -2.25. The number of carbonyl (C=O) groups excluding carboxylic acids is 1. The number of rotatable bonds is 2. The smallest absolute Gasteiger partial charge is 0.434 e. The van der Waals surface area contributed by atoms with Gasteiger partial charge in [-0.15, -0.1) is 0 Å². The molecule has 0 aromatic carbocycles. The molecule has 1 rings (SSSR count). The minimum absolute atomic E-state index is 0.494. The molecule has 0 aliphatic heterocycles. The number of hydrogen-bond acceptors (Lipinski definition) is 4. The Morgan fingerprint density at radius 2 is 1.67 bits per heavy atom. The van der Waals surface area contributed by atoms with Crippen LogP contribution >= 0.6 is 0 Å². The molecule has 1 aliphatic carbocycles. The fourth-order valence-electron chi connectivity index (χ4n) is 1.33. The van der Waals surface area contributed by atoms with Crippen LogP contribution in [-0.4, -0.2) is 37.4 Å². The van der Waals surface area contributed by atoms with Crippen molar-refractivity contribution in [3.63, 3.8) is 0 Å². The lowest BCUT2D eigenvalue weighted by Crippen LogP contribution is -2.31. The predicted octanol–water partition coefficient (Wildman–Crippen LogP) is 2.48. The largest absolute Gasteiger partial charge is 0.442 e. The van der Waals surface area contributed by atoms with Crippen molar-refractivity contribution >= 4 is 11.8 Å². The van der Waals surface area contributed by atoms with E-state index in [0.717, 1.165) is 0 Å². The van der Waals surface area contributed by atoms with Gasteiger partial charge in [0.1, 0.15) is 5.60 Å². The summed E-state index contributed by atoms with van der Waals surface area (Å²) >= 11 is 0. The first-order valence-corrected chi connectivity index (χ1v) is 5.61. The number of hydrogen-bond donors (Lipinski definition) is 0. The van der Waals surface area contributed by atoms with E-state index in [9.17, 15) is 4.79 Å². The third-order valence-electron chi connectivity index (χ3n) is 2.22. The van der Waals surface area contributed by atoms with Crippen LogP contribution in [0.1, 0.15) is 20.8 Å². The molecular formula is C13H19NO4. The SMILES string of the molecule is COC1(OC)C=CC(=NC(=O)OC(C)(C)C)C=C1. The number of allylic oxidation sites excluding steroid dienone is 2. The van der Waals surface area contributed by atoms with Crippen molar-refractivity contribution in [3.8, 4) is 0 Å². The maximum Gasteiger partial charge on any atom is 0.434 e. The van der Waals surface area contributed by atoms with Crippen LogP contribution in [-0.2, 0) is 14.2 Å². The van der Waals surface area contributed by atoms with Gasteiger partial charge in [-0.3, -0.25) is 0 Å². The second kappa shape index (κ2) is 5.46. The van der Waals surface area contributed by atoms with Gasteiger partial charge >= 0.3 is 6.09 Å². The molecule has 0 aromatic rings. The van der Waals surface area contributed by atoms with Crippen LogP contribution in [0, 0.1) is 0 Å². The summed E-state index contributed by atoms with van der Waals surface area (Å²) in [5, 5.41) is 0. The minimum atomic E-state index is -0.882. The summed E-state index contributed by atoms with van der Waals surface area (Å²) in [6.45, 7) is 5.37. The molecule has 0 unspecified atom stereocenters. The maximum atomic E-state index is 11.5. The molecule has 0 saturated carbocycles. The van der Waals surface area contributed by atoms with E-state index >= 15 is 0 Å². The maximum absolute atomic E-state index is 11.5. The molecule has 0 N–H and O–H groups in total. The predicted molar refractivity (Wildman–Crippen MR) is 68.7 cm³/mol. The first kappa shape index (κ1) is 14.6. The number of ether oxygens (including phenoxy) is 3. The highest BCUT2D eigenvalue weighted by molar-refractivity contribution is 6.09. The Morgan fingerprint density at radius 3 is 2.06 bits per heavy atom. The van der Waals surface area contributed by atoms with Crippen molar-refractivity contribution < 1.29 is 19.0 Å². The Labute approximate surface area is 107 Å². The second-order valence-corrected chi connectivity index (χ2v) is 4.81. The fraction of sp³-hybridized carbons (Fsp3) is 0.538. The van der Waals surface area contributed by atoms with Gasteiger partial charge in [-0.2, -0.15) is 4.99 Å². The highest BCUT2D eigenvalue weighted by atomic mass is 16.7. The Bertz CT molecular complexity index is 380. The monoisotopic (exact) mass is 253 g/mol. The molecule has 18 heavy (non-hydrogen) atoms. The van der Waals surface area contributed by atoms with Gasteiger partial charge in [0.2, 0.25) is 5.79 Å². The minimum Gasteiger partial charge on any atom is -0.442 e. The number of nitrogens with zero attached hydrogens (tertiary/aromatic N) is 1. The van der Waals surface area contributed by atoms with Gasteiger partial charge in [0.25, 0.3) is 0 Å². The summed E-state index contributed by atoms with van der Waals surface area (Å²) in [5.74, 6) is -0.882. The molecule has 0 atom stereocenters. The molecule has 0 heterocycles. The third kappa shape index (κ3) is 4.09. The van der Waals surface area contributed by atoms with Gasteiger partial charge in [-0.25, -0.2) is 4.79 Å². The third-order valence-corrected chi connectivity index (χ3v) is 2.22. The zero-order valence-electron chi connectivity index (χ0n) is 11.4. The van der Waals surface area contributed by atoms with Crippen LogP contribution in [0.25, 0.3) is 0 Å². The van der Waals surface area contributed by atoms with E-state index < -0.39 is 17.5 Å². The Balaban J connectivity index is 2.73. The van der Waals surface area contributed by atoms with Crippen LogP contribution in [0.5, 0.6) is 0 Å². The van der Waals surface area contributed by atoms with Crippen LogP contribution in [0.3, 0.4) is 0 Å². The number of amides is 1. The Hall–Kier alpha value is -1.46. The molecule has 0 bridgehead atoms. The summed E-state index contributed by atoms with van der Waals surface area (Å²) in [6.07, 6.45) is 6.04. The van der Waals surface area contributed by atoms with E-state index in [4.69, 9.17) is 14.2 Å². The van der Waals surface area contributed by atoms with E-state index in [2.05, 4.69) is 4.99 Å². The summed E-state index contributed by atoms with van der Waals surface area (Å²) in [5.41, 5.74) is -0.0551. The van der Waals surface area contributed by atoms with Gasteiger partial charge in [0.15, 0.2) is 0 Å². The molecule has 0 spiro atoms. The first-order chi connectivity index (χ1) is 8.30. The number of carbonyl (C=O) groups is 1. The zero-order valence-corrected chi connectivity index (χ0v) is 11.4. The first-order valence-electron chi connectivity index (χ1n) is 5.61. The van der Waals surface area contributed by atoms with E-state index in [1.807, 2.05) is 0 Å². The van der Waals surface area contributed by atoms with Crippen LogP contribution < -0.4 is 0 Å². The molecule has 0 fully saturated rings. The van der Waals surface area contributed by atoms with Gasteiger partial charge in [-0.1, -0.05) is 0 Å². The molecule has 0 radical (unpaired) electrons. The summed E-state index contributed by atoms with van der Waals surface area (Å²) in [7, 11) is 3.07. The number of aliphatic imine (C=N–C) groups is 1. The van der Waals surface area contributed by atoms with Gasteiger partial charge in [-0.05, 0) is 45.1 Å². The highest BCUT2D eigenvalue weighted by Gasteiger charge is 2.25. The molecule has 1 aliphatic rings. The highest BCUT2D eigenvalue weighted by Crippen LogP contribution is 2.19. The zero-order chi connectivity index (χ0) is 13.8. The van der Waals surface area contributed by atoms with Crippen LogP contribution in [0.15, 0.2) is 29.3 Å². The van der Waals surface area contributed by atoms with Gasteiger partial charge in [0.05, 0.1) is 5.71 Å². The summed E-state index contributed by atoms with van der Waals surface area (Å²) in [4.78, 5) is 15.3. The molecule has 0 saturated heterocycles. The van der Waals surface area contributed by atoms with Crippen molar-refractivity contribution in [1.82, 2.24) is 0 Å². The van der Waals surface area contributed by atoms with E-state index in [1.165, 1.54) is 14.2 Å². The molecular weight excluding hydrogens is 234 g/mol. The molecule has 5 nitrogen and oxygen atoms in total. The fourth-order valence-corrected chi connectivity index (χ4v) is 1.33. The van der Waals surface area contributed by atoms with Gasteiger partial charge < -0.3 is 14.2 Å². The van der Waals surface area contributed by atoms with Crippen molar-refractivity contribution in [2.24, 2.45) is 4.99 Å². The van der Waals surface area contributed by atoms with E-state index in [-0.39, 0.29) is 0 Å². The topological polar surface area (TPSA) is 57.1 Å². The van der Waals surface area contributed by atoms with Crippen molar-refractivity contribution in [1.29, 1.82) is 0 Å². The van der Waals surface area contributed by atoms with Crippen LogP contribution in [0.4, 0.5) is 4.79 Å². The average molecular weight is 253 g/mol. The lowest BCUT2D eigenvalue weighted by atomic mass is 10.1. The Kier molecular flexibility index (Phi) is 4.43.